The molecule has 2 aliphatic heterocycles. The van der Waals surface area contributed by atoms with E-state index >= 15 is 0 Å². The van der Waals surface area contributed by atoms with Gasteiger partial charge in [0.05, 0.1) is 6.54 Å². The van der Waals surface area contributed by atoms with Gasteiger partial charge in [-0.1, -0.05) is 11.3 Å². The minimum atomic E-state index is -0.467. The molecule has 0 radical (unpaired) electrons. The van der Waals surface area contributed by atoms with Crippen molar-refractivity contribution >= 4 is 34.9 Å². The highest BCUT2D eigenvalue weighted by Gasteiger charge is 2.46. The number of rotatable bonds is 5. The third-order valence-corrected chi connectivity index (χ3v) is 5.84. The van der Waals surface area contributed by atoms with Crippen LogP contribution < -0.4 is 5.32 Å². The summed E-state index contributed by atoms with van der Waals surface area (Å²) in [5, 5.41) is 11.5. The first-order valence-corrected chi connectivity index (χ1v) is 10.0. The van der Waals surface area contributed by atoms with E-state index < -0.39 is 11.9 Å². The molecule has 2 fully saturated rings. The fourth-order valence-corrected chi connectivity index (χ4v) is 4.24. The molecule has 1 unspecified atom stereocenters. The van der Waals surface area contributed by atoms with E-state index in [9.17, 15) is 18.8 Å². The van der Waals surface area contributed by atoms with Gasteiger partial charge in [0.25, 0.3) is 11.8 Å². The monoisotopic (exact) mass is 418 g/mol. The van der Waals surface area contributed by atoms with E-state index in [4.69, 9.17) is 0 Å². The molecule has 2 aliphatic rings. The van der Waals surface area contributed by atoms with Crippen molar-refractivity contribution in [3.8, 4) is 0 Å². The van der Waals surface area contributed by atoms with Crippen molar-refractivity contribution in [2.24, 2.45) is 0 Å². The number of anilines is 1. The summed E-state index contributed by atoms with van der Waals surface area (Å²) < 4.78 is 13.0. The fourth-order valence-electron chi connectivity index (χ4n) is 3.46. The number of piperazine rings is 1. The molecule has 3 heterocycles. The summed E-state index contributed by atoms with van der Waals surface area (Å²) in [6.45, 7) is 4.11. The number of amides is 4. The summed E-state index contributed by atoms with van der Waals surface area (Å²) in [5.41, 5.74) is 0.467. The normalized spacial score (nSPS) is 19.6. The number of likely N-dealkylation sites (N-methyl/N-ethyl adjacent to an activating group) is 1. The lowest BCUT2D eigenvalue weighted by Crippen LogP contribution is -2.52. The van der Waals surface area contributed by atoms with Crippen molar-refractivity contribution in [1.29, 1.82) is 0 Å². The predicted molar refractivity (Wildman–Crippen MR) is 103 cm³/mol. The number of nitrogens with one attached hydrogen (secondary N) is 1. The van der Waals surface area contributed by atoms with Gasteiger partial charge in [-0.3, -0.25) is 19.4 Å². The Kier molecular flexibility index (Phi) is 5.24. The summed E-state index contributed by atoms with van der Waals surface area (Å²) in [6.07, 6.45) is 0. The summed E-state index contributed by atoms with van der Waals surface area (Å²) in [7, 11) is 0. The van der Waals surface area contributed by atoms with Crippen LogP contribution in [0.1, 0.15) is 21.7 Å². The van der Waals surface area contributed by atoms with Gasteiger partial charge in [-0.15, -0.1) is 10.2 Å². The lowest BCUT2D eigenvalue weighted by atomic mass is 10.2. The number of nitrogens with zero attached hydrogens (tertiary/aromatic N) is 5. The zero-order chi connectivity index (χ0) is 20.5. The van der Waals surface area contributed by atoms with Crippen molar-refractivity contribution in [3.63, 3.8) is 0 Å². The standard InChI is InChI=1S/C18H19FN6O3S/c1-2-24-17(27)13-9-23(7-8-25(13)18(24)28)10-14-21-22-16(29-14)15(26)20-12-5-3-11(19)4-6-12/h3-6,13H,2,7-10H2,1H3,(H,20,26). The Hall–Kier alpha value is -2.92. The second-order valence-electron chi connectivity index (χ2n) is 6.77. The summed E-state index contributed by atoms with van der Waals surface area (Å²) in [4.78, 5) is 41.8. The Balaban J connectivity index is 1.37. The first-order chi connectivity index (χ1) is 14.0. The highest BCUT2D eigenvalue weighted by Crippen LogP contribution is 2.23. The van der Waals surface area contributed by atoms with E-state index in [1.165, 1.54) is 29.2 Å². The summed E-state index contributed by atoms with van der Waals surface area (Å²) in [5.74, 6) is -0.968. The lowest BCUT2D eigenvalue weighted by Gasteiger charge is -2.34. The average molecular weight is 418 g/mol. The first kappa shape index (κ1) is 19.4. The smallest absolute Gasteiger partial charge is 0.320 e. The van der Waals surface area contributed by atoms with Crippen LogP contribution >= 0.6 is 11.3 Å². The topological polar surface area (TPSA) is 98.7 Å². The minimum Gasteiger partial charge on any atom is -0.320 e. The lowest BCUT2D eigenvalue weighted by molar-refractivity contribution is -0.129. The van der Waals surface area contributed by atoms with E-state index in [0.29, 0.717) is 43.4 Å². The van der Waals surface area contributed by atoms with Gasteiger partial charge in [-0.2, -0.15) is 0 Å². The molecule has 29 heavy (non-hydrogen) atoms. The largest absolute Gasteiger partial charge is 0.327 e. The van der Waals surface area contributed by atoms with Crippen molar-refractivity contribution in [1.82, 2.24) is 24.9 Å². The van der Waals surface area contributed by atoms with Gasteiger partial charge in [-0.25, -0.2) is 9.18 Å². The van der Waals surface area contributed by atoms with Gasteiger partial charge in [0.15, 0.2) is 0 Å². The van der Waals surface area contributed by atoms with Crippen LogP contribution in [-0.2, 0) is 11.3 Å². The van der Waals surface area contributed by atoms with E-state index in [1.807, 2.05) is 4.90 Å². The Morgan fingerprint density at radius 2 is 2.00 bits per heavy atom. The molecular formula is C18H19FN6O3S. The number of benzene rings is 1. The van der Waals surface area contributed by atoms with E-state index in [0.717, 1.165) is 11.3 Å². The molecule has 0 aliphatic carbocycles. The Labute approximate surface area is 170 Å². The van der Waals surface area contributed by atoms with Crippen molar-refractivity contribution in [2.45, 2.75) is 19.5 Å². The number of fused-ring (bicyclic) bond motifs is 1. The van der Waals surface area contributed by atoms with Gasteiger partial charge in [-0.05, 0) is 31.2 Å². The summed E-state index contributed by atoms with van der Waals surface area (Å²) in [6, 6.07) is 4.76. The zero-order valence-corrected chi connectivity index (χ0v) is 16.5. The molecule has 1 atom stereocenters. The Bertz CT molecular complexity index is 949. The van der Waals surface area contributed by atoms with Crippen molar-refractivity contribution in [2.75, 3.05) is 31.5 Å². The molecule has 9 nitrogen and oxygen atoms in total. The third kappa shape index (κ3) is 3.83. The van der Waals surface area contributed by atoms with Crippen LogP contribution in [0.25, 0.3) is 0 Å². The molecular weight excluding hydrogens is 399 g/mol. The molecule has 1 aromatic carbocycles. The molecule has 0 bridgehead atoms. The van der Waals surface area contributed by atoms with Crippen molar-refractivity contribution < 1.29 is 18.8 Å². The molecule has 1 aromatic heterocycles. The number of imide groups is 1. The molecule has 4 amide bonds. The highest BCUT2D eigenvalue weighted by molar-refractivity contribution is 7.13. The molecule has 0 spiro atoms. The van der Waals surface area contributed by atoms with E-state index in [-0.39, 0.29) is 22.8 Å². The van der Waals surface area contributed by atoms with Crippen LogP contribution in [0.5, 0.6) is 0 Å². The van der Waals surface area contributed by atoms with Crippen LogP contribution in [0.2, 0.25) is 0 Å². The number of halogens is 1. The van der Waals surface area contributed by atoms with Crippen LogP contribution in [-0.4, -0.2) is 75.0 Å². The summed E-state index contributed by atoms with van der Waals surface area (Å²) >= 11 is 1.16. The molecule has 2 aromatic rings. The maximum Gasteiger partial charge on any atom is 0.327 e. The molecule has 152 valence electrons. The Morgan fingerprint density at radius 1 is 1.24 bits per heavy atom. The number of hydrogen-bond donors (Lipinski definition) is 1. The van der Waals surface area contributed by atoms with Crippen LogP contribution in [0.3, 0.4) is 0 Å². The average Bonchev–Trinajstić information content (AvgIpc) is 3.27. The molecule has 11 heteroatoms. The molecule has 4 rings (SSSR count). The van der Waals surface area contributed by atoms with Crippen molar-refractivity contribution in [3.05, 3.63) is 40.1 Å². The van der Waals surface area contributed by atoms with Crippen LogP contribution in [0.4, 0.5) is 14.9 Å². The zero-order valence-electron chi connectivity index (χ0n) is 15.7. The quantitative estimate of drug-likeness (QED) is 0.737. The SMILES string of the molecule is CCN1C(=O)C2CN(Cc3nnc(C(=O)Nc4ccc(F)cc4)s3)CCN2C1=O. The van der Waals surface area contributed by atoms with Gasteiger partial charge in [0, 0.05) is 31.9 Å². The van der Waals surface area contributed by atoms with Gasteiger partial charge < -0.3 is 10.2 Å². The number of carbonyl (C=O) groups excluding carboxylic acids is 3. The van der Waals surface area contributed by atoms with E-state index in [2.05, 4.69) is 15.5 Å². The molecule has 1 N–H and O–H groups in total. The minimum absolute atomic E-state index is 0.168. The second kappa shape index (κ2) is 7.84. The first-order valence-electron chi connectivity index (χ1n) is 9.20. The number of carbonyl (C=O) groups is 3. The van der Waals surface area contributed by atoms with Gasteiger partial charge in [0.1, 0.15) is 16.9 Å². The van der Waals surface area contributed by atoms with E-state index in [1.54, 1.807) is 11.8 Å². The fraction of sp³-hybridized carbons (Fsp3) is 0.389. The van der Waals surface area contributed by atoms with Gasteiger partial charge in [0.2, 0.25) is 5.01 Å². The van der Waals surface area contributed by atoms with Gasteiger partial charge >= 0.3 is 6.03 Å². The maximum absolute atomic E-state index is 13.0. The molecule has 0 saturated carbocycles. The number of urea groups is 1. The number of aromatic nitrogens is 2. The highest BCUT2D eigenvalue weighted by atomic mass is 32.1. The number of hydrogen-bond acceptors (Lipinski definition) is 7. The molecule has 2 saturated heterocycles. The second-order valence-corrected chi connectivity index (χ2v) is 7.83. The van der Waals surface area contributed by atoms with Crippen LogP contribution in [0, 0.1) is 5.82 Å². The predicted octanol–water partition coefficient (Wildman–Crippen LogP) is 1.40. The Morgan fingerprint density at radius 3 is 2.72 bits per heavy atom. The maximum atomic E-state index is 13.0. The third-order valence-electron chi connectivity index (χ3n) is 4.93. The van der Waals surface area contributed by atoms with Crippen LogP contribution in [0.15, 0.2) is 24.3 Å².